The number of amides is 1. The van der Waals surface area contributed by atoms with Crippen LogP contribution in [0.1, 0.15) is 40.7 Å². The van der Waals surface area contributed by atoms with Gasteiger partial charge in [0.15, 0.2) is 0 Å². The van der Waals surface area contributed by atoms with Gasteiger partial charge >= 0.3 is 0 Å². The lowest BCUT2D eigenvalue weighted by atomic mass is 9.87. The fourth-order valence-electron chi connectivity index (χ4n) is 4.43. The fraction of sp³-hybridized carbons (Fsp3) is 0.259. The number of hydrogen-bond donors (Lipinski definition) is 3. The number of nitrogens with one attached hydrogen (secondary N) is 3. The minimum absolute atomic E-state index is 0.345. The summed E-state index contributed by atoms with van der Waals surface area (Å²) in [6.45, 7) is 0.853. The van der Waals surface area contributed by atoms with Gasteiger partial charge < -0.3 is 20.4 Å². The summed E-state index contributed by atoms with van der Waals surface area (Å²) >= 11 is 0. The Balaban J connectivity index is 1.37. The summed E-state index contributed by atoms with van der Waals surface area (Å²) in [7, 11) is 0. The van der Waals surface area contributed by atoms with Crippen molar-refractivity contribution in [2.24, 2.45) is 0 Å². The van der Waals surface area contributed by atoms with Gasteiger partial charge in [0.1, 0.15) is 12.2 Å². The normalized spacial score (nSPS) is 15.7. The minimum atomic E-state index is -0.712. The molecule has 1 amide bonds. The number of hydrogen-bond acceptors (Lipinski definition) is 7. The van der Waals surface area contributed by atoms with Crippen molar-refractivity contribution >= 4 is 11.6 Å². The Bertz CT molecular complexity index is 1290. The molecule has 0 unspecified atom stereocenters. The van der Waals surface area contributed by atoms with Gasteiger partial charge in [0.25, 0.3) is 5.91 Å². The smallest absolute Gasteiger partial charge is 0.251 e. The van der Waals surface area contributed by atoms with Crippen LogP contribution < -0.4 is 16.0 Å². The molecule has 2 aromatic heterocycles. The van der Waals surface area contributed by atoms with E-state index in [-0.39, 0.29) is 5.91 Å². The molecular weight excluding hydrogens is 459 g/mol. The molecule has 1 saturated heterocycles. The van der Waals surface area contributed by atoms with E-state index in [1.807, 2.05) is 36.4 Å². The van der Waals surface area contributed by atoms with Gasteiger partial charge in [-0.3, -0.25) is 9.78 Å². The standard InChI is InChI=1S/C27H27FN6O2/c28-18-23(19-5-2-1-3-6-19)31-24(35)21-7-4-8-22(17-21)32-27(11-15-30-16-12-27)26-34-33-25(36-26)20-9-13-29-14-10-20/h1-10,13-14,17,23,30,32H,11-12,15-16,18H2,(H,31,35)/t23-/m1/s1. The lowest BCUT2D eigenvalue weighted by molar-refractivity contribution is 0.0929. The highest BCUT2D eigenvalue weighted by atomic mass is 19.1. The minimum Gasteiger partial charge on any atom is -0.418 e. The molecule has 0 bridgehead atoms. The van der Waals surface area contributed by atoms with Crippen molar-refractivity contribution in [1.82, 2.24) is 25.8 Å². The Morgan fingerprint density at radius 3 is 2.56 bits per heavy atom. The van der Waals surface area contributed by atoms with E-state index in [2.05, 4.69) is 31.1 Å². The molecule has 36 heavy (non-hydrogen) atoms. The van der Waals surface area contributed by atoms with Crippen LogP contribution in [-0.2, 0) is 5.54 Å². The molecule has 0 radical (unpaired) electrons. The number of anilines is 1. The number of alkyl halides is 1. The molecule has 5 rings (SSSR count). The number of rotatable bonds is 8. The van der Waals surface area contributed by atoms with Gasteiger partial charge in [-0.25, -0.2) is 4.39 Å². The highest BCUT2D eigenvalue weighted by molar-refractivity contribution is 5.95. The number of benzene rings is 2. The van der Waals surface area contributed by atoms with E-state index in [0.29, 0.717) is 17.3 Å². The van der Waals surface area contributed by atoms with Crippen LogP contribution in [-0.4, -0.2) is 40.9 Å². The van der Waals surface area contributed by atoms with Crippen LogP contribution in [0.2, 0.25) is 0 Å². The van der Waals surface area contributed by atoms with Gasteiger partial charge in [-0.15, -0.1) is 10.2 Å². The molecule has 2 aromatic carbocycles. The van der Waals surface area contributed by atoms with E-state index < -0.39 is 18.3 Å². The summed E-state index contributed by atoms with van der Waals surface area (Å²) in [6, 6.07) is 19.2. The maximum Gasteiger partial charge on any atom is 0.251 e. The number of pyridine rings is 1. The molecule has 1 aliphatic heterocycles. The summed E-state index contributed by atoms with van der Waals surface area (Å²) in [6.07, 6.45) is 4.80. The van der Waals surface area contributed by atoms with Crippen molar-refractivity contribution in [3.05, 3.63) is 96.1 Å². The zero-order valence-corrected chi connectivity index (χ0v) is 19.7. The molecule has 0 spiro atoms. The first-order valence-electron chi connectivity index (χ1n) is 11.9. The monoisotopic (exact) mass is 486 g/mol. The average Bonchev–Trinajstić information content (AvgIpc) is 3.45. The first-order valence-corrected chi connectivity index (χ1v) is 11.9. The van der Waals surface area contributed by atoms with E-state index in [1.165, 1.54) is 0 Å². The van der Waals surface area contributed by atoms with Gasteiger partial charge in [-0.1, -0.05) is 36.4 Å². The number of carbonyl (C=O) groups is 1. The molecule has 3 N–H and O–H groups in total. The summed E-state index contributed by atoms with van der Waals surface area (Å²) in [5, 5.41) is 18.4. The van der Waals surface area contributed by atoms with Crippen LogP contribution in [0.3, 0.4) is 0 Å². The number of nitrogens with zero attached hydrogens (tertiary/aromatic N) is 3. The summed E-state index contributed by atoms with van der Waals surface area (Å²) in [4.78, 5) is 17.0. The molecule has 1 fully saturated rings. The highest BCUT2D eigenvalue weighted by Crippen LogP contribution is 2.35. The zero-order chi connectivity index (χ0) is 24.8. The van der Waals surface area contributed by atoms with E-state index in [9.17, 15) is 9.18 Å². The zero-order valence-electron chi connectivity index (χ0n) is 19.7. The molecule has 1 aliphatic rings. The maximum atomic E-state index is 13.7. The molecule has 4 aromatic rings. The molecule has 8 nitrogen and oxygen atoms in total. The number of halogens is 1. The molecule has 9 heteroatoms. The lowest BCUT2D eigenvalue weighted by Gasteiger charge is -2.36. The Labute approximate surface area is 208 Å². The van der Waals surface area contributed by atoms with Crippen molar-refractivity contribution in [1.29, 1.82) is 0 Å². The summed E-state index contributed by atoms with van der Waals surface area (Å²) in [5.74, 6) is 0.577. The second-order valence-electron chi connectivity index (χ2n) is 8.78. The van der Waals surface area contributed by atoms with Crippen LogP contribution in [0.25, 0.3) is 11.5 Å². The Hall–Kier alpha value is -4.11. The Kier molecular flexibility index (Phi) is 6.99. The summed E-state index contributed by atoms with van der Waals surface area (Å²) < 4.78 is 19.8. The maximum absolute atomic E-state index is 13.7. The van der Waals surface area contributed by atoms with Crippen LogP contribution >= 0.6 is 0 Å². The van der Waals surface area contributed by atoms with Crippen molar-refractivity contribution in [2.75, 3.05) is 25.1 Å². The van der Waals surface area contributed by atoms with Crippen LogP contribution in [0.5, 0.6) is 0 Å². The number of carbonyl (C=O) groups excluding carboxylic acids is 1. The predicted octanol–water partition coefficient (Wildman–Crippen LogP) is 4.26. The third-order valence-electron chi connectivity index (χ3n) is 6.39. The largest absolute Gasteiger partial charge is 0.418 e. The van der Waals surface area contributed by atoms with E-state index in [1.54, 1.807) is 42.7 Å². The Morgan fingerprint density at radius 1 is 1.03 bits per heavy atom. The van der Waals surface area contributed by atoms with E-state index >= 15 is 0 Å². The van der Waals surface area contributed by atoms with Crippen molar-refractivity contribution < 1.29 is 13.6 Å². The van der Waals surface area contributed by atoms with Gasteiger partial charge in [-0.2, -0.15) is 0 Å². The third kappa shape index (κ3) is 5.11. The average molecular weight is 487 g/mol. The Morgan fingerprint density at radius 2 is 1.81 bits per heavy atom. The first-order chi connectivity index (χ1) is 17.7. The molecule has 3 heterocycles. The third-order valence-corrected chi connectivity index (χ3v) is 6.39. The second kappa shape index (κ2) is 10.7. The molecule has 184 valence electrons. The van der Waals surface area contributed by atoms with Crippen molar-refractivity contribution in [3.8, 4) is 11.5 Å². The van der Waals surface area contributed by atoms with Gasteiger partial charge in [-0.05, 0) is 61.8 Å². The SMILES string of the molecule is O=C(N[C@H](CF)c1ccccc1)c1cccc(NC2(c3nnc(-c4ccncc4)o3)CCNCC2)c1. The second-order valence-corrected chi connectivity index (χ2v) is 8.78. The first kappa shape index (κ1) is 23.6. The van der Waals surface area contributed by atoms with E-state index in [4.69, 9.17) is 4.42 Å². The number of aromatic nitrogens is 3. The topological polar surface area (TPSA) is 105 Å². The molecule has 0 saturated carbocycles. The van der Waals surface area contributed by atoms with Gasteiger partial charge in [0, 0.05) is 29.2 Å². The van der Waals surface area contributed by atoms with E-state index in [0.717, 1.165) is 42.7 Å². The van der Waals surface area contributed by atoms with Crippen molar-refractivity contribution in [3.63, 3.8) is 0 Å². The highest BCUT2D eigenvalue weighted by Gasteiger charge is 2.39. The number of piperidine rings is 1. The lowest BCUT2D eigenvalue weighted by Crippen LogP contribution is -2.45. The molecule has 1 atom stereocenters. The van der Waals surface area contributed by atoms with Crippen molar-refractivity contribution in [2.45, 2.75) is 24.4 Å². The quantitative estimate of drug-likeness (QED) is 0.342. The van der Waals surface area contributed by atoms with Crippen LogP contribution in [0, 0.1) is 0 Å². The van der Waals surface area contributed by atoms with Gasteiger partial charge in [0.2, 0.25) is 11.8 Å². The molecular formula is C27H27FN6O2. The van der Waals surface area contributed by atoms with Crippen LogP contribution in [0.4, 0.5) is 10.1 Å². The summed E-state index contributed by atoms with van der Waals surface area (Å²) in [5.41, 5.74) is 2.10. The predicted molar refractivity (Wildman–Crippen MR) is 134 cm³/mol. The fourth-order valence-corrected chi connectivity index (χ4v) is 4.43. The van der Waals surface area contributed by atoms with Gasteiger partial charge in [0.05, 0.1) is 6.04 Å². The van der Waals surface area contributed by atoms with Crippen LogP contribution in [0.15, 0.2) is 83.5 Å². The molecule has 0 aliphatic carbocycles.